The largest absolute Gasteiger partial charge is 0.478 e. The van der Waals surface area contributed by atoms with E-state index < -0.39 is 10.9 Å². The number of carbonyl (C=O) groups is 2. The van der Waals surface area contributed by atoms with Gasteiger partial charge in [0.1, 0.15) is 0 Å². The summed E-state index contributed by atoms with van der Waals surface area (Å²) in [5, 5.41) is 19.9. The molecule has 1 aromatic carbocycles. The molecule has 8 heteroatoms. The van der Waals surface area contributed by atoms with E-state index in [1.807, 2.05) is 0 Å². The first-order valence-corrected chi connectivity index (χ1v) is 5.96. The van der Waals surface area contributed by atoms with Gasteiger partial charge < -0.3 is 15.7 Å². The van der Waals surface area contributed by atoms with Crippen LogP contribution >= 0.6 is 0 Å². The van der Waals surface area contributed by atoms with Crippen LogP contribution < -0.4 is 10.6 Å². The number of anilines is 1. The van der Waals surface area contributed by atoms with E-state index in [2.05, 4.69) is 0 Å². The molecule has 1 aliphatic rings. The summed E-state index contributed by atoms with van der Waals surface area (Å²) in [6.07, 6.45) is 0.220. The zero-order chi connectivity index (χ0) is 14.9. The molecule has 106 valence electrons. The summed E-state index contributed by atoms with van der Waals surface area (Å²) in [7, 11) is 0. The maximum absolute atomic E-state index is 11.9. The number of carboxylic acid groups (broad SMARTS) is 1. The summed E-state index contributed by atoms with van der Waals surface area (Å²) in [6, 6.07) is 3.35. The molecule has 20 heavy (non-hydrogen) atoms. The number of nitrogens with zero attached hydrogens (tertiary/aromatic N) is 2. The number of hydrogen-bond acceptors (Lipinski definition) is 5. The fraction of sp³-hybridized carbons (Fsp3) is 0.333. The van der Waals surface area contributed by atoms with Gasteiger partial charge in [-0.05, 0) is 18.5 Å². The van der Waals surface area contributed by atoms with Crippen molar-refractivity contribution < 1.29 is 19.6 Å². The number of nitro benzene ring substituents is 1. The number of carboxylic acids is 1. The average molecular weight is 279 g/mol. The molecule has 1 saturated heterocycles. The van der Waals surface area contributed by atoms with Crippen molar-refractivity contribution in [1.82, 2.24) is 0 Å². The smallest absolute Gasteiger partial charge is 0.337 e. The van der Waals surface area contributed by atoms with Crippen molar-refractivity contribution in [2.75, 3.05) is 18.0 Å². The summed E-state index contributed by atoms with van der Waals surface area (Å²) in [6.45, 7) is 0.580. The second-order valence-corrected chi connectivity index (χ2v) is 4.57. The lowest BCUT2D eigenvalue weighted by molar-refractivity contribution is -0.384. The van der Waals surface area contributed by atoms with E-state index in [9.17, 15) is 19.7 Å². The number of benzene rings is 1. The van der Waals surface area contributed by atoms with E-state index in [0.717, 1.165) is 18.2 Å². The van der Waals surface area contributed by atoms with Crippen LogP contribution in [0.25, 0.3) is 0 Å². The maximum atomic E-state index is 11.9. The van der Waals surface area contributed by atoms with Crippen LogP contribution in [0.4, 0.5) is 11.4 Å². The van der Waals surface area contributed by atoms with Crippen LogP contribution in [0.1, 0.15) is 16.8 Å². The first-order chi connectivity index (χ1) is 9.43. The number of nitrogens with two attached hydrogens (primary N) is 1. The van der Waals surface area contributed by atoms with Gasteiger partial charge >= 0.3 is 5.97 Å². The number of rotatable bonds is 4. The molecule has 0 saturated carbocycles. The van der Waals surface area contributed by atoms with Gasteiger partial charge in [0, 0.05) is 25.1 Å². The van der Waals surface area contributed by atoms with Gasteiger partial charge in [0.2, 0.25) is 5.91 Å². The molecular weight excluding hydrogens is 266 g/mol. The monoisotopic (exact) mass is 279 g/mol. The molecule has 0 radical (unpaired) electrons. The molecule has 1 aromatic rings. The standard InChI is InChI=1S/C12H13N3O5/c13-5-7-3-11(16)14(6-7)10-4-8(15(19)20)1-2-9(10)12(17)18/h1-2,4,7H,3,5-6,13H2,(H,17,18). The molecule has 0 bridgehead atoms. The Kier molecular flexibility index (Phi) is 3.66. The van der Waals surface area contributed by atoms with Crippen molar-refractivity contribution in [3.05, 3.63) is 33.9 Å². The summed E-state index contributed by atoms with van der Waals surface area (Å²) in [5.41, 5.74) is 5.16. The van der Waals surface area contributed by atoms with Gasteiger partial charge in [0.15, 0.2) is 0 Å². The normalized spacial score (nSPS) is 18.4. The number of non-ortho nitro benzene ring substituents is 1. The predicted molar refractivity (Wildman–Crippen MR) is 69.6 cm³/mol. The molecule has 0 aromatic heterocycles. The lowest BCUT2D eigenvalue weighted by atomic mass is 10.1. The Morgan fingerprint density at radius 1 is 1.55 bits per heavy atom. The summed E-state index contributed by atoms with van der Waals surface area (Å²) < 4.78 is 0. The van der Waals surface area contributed by atoms with Crippen molar-refractivity contribution in [2.24, 2.45) is 11.7 Å². The first kappa shape index (κ1) is 13.9. The average Bonchev–Trinajstić information content (AvgIpc) is 2.79. The molecule has 1 fully saturated rings. The van der Waals surface area contributed by atoms with E-state index in [1.54, 1.807) is 0 Å². The summed E-state index contributed by atoms with van der Waals surface area (Å²) in [5.74, 6) is -1.58. The molecule has 1 unspecified atom stereocenters. The van der Waals surface area contributed by atoms with Crippen LogP contribution in [0.15, 0.2) is 18.2 Å². The van der Waals surface area contributed by atoms with Gasteiger partial charge in [-0.25, -0.2) is 4.79 Å². The Hall–Kier alpha value is -2.48. The second kappa shape index (κ2) is 5.25. The Morgan fingerprint density at radius 2 is 2.25 bits per heavy atom. The lowest BCUT2D eigenvalue weighted by Gasteiger charge is -2.18. The van der Waals surface area contributed by atoms with E-state index in [1.165, 1.54) is 4.90 Å². The van der Waals surface area contributed by atoms with Crippen LogP contribution in [0.3, 0.4) is 0 Å². The quantitative estimate of drug-likeness (QED) is 0.614. The van der Waals surface area contributed by atoms with Crippen LogP contribution in [-0.2, 0) is 4.79 Å². The van der Waals surface area contributed by atoms with Crippen LogP contribution in [0.2, 0.25) is 0 Å². The molecule has 3 N–H and O–H groups in total. The topological polar surface area (TPSA) is 127 Å². The highest BCUT2D eigenvalue weighted by molar-refractivity contribution is 6.03. The SMILES string of the molecule is NCC1CC(=O)N(c2cc([N+](=O)[O-])ccc2C(=O)O)C1. The molecular formula is C12H13N3O5. The zero-order valence-electron chi connectivity index (χ0n) is 10.5. The van der Waals surface area contributed by atoms with Crippen molar-refractivity contribution in [1.29, 1.82) is 0 Å². The van der Waals surface area contributed by atoms with Crippen LogP contribution in [0, 0.1) is 16.0 Å². The summed E-state index contributed by atoms with van der Waals surface area (Å²) in [4.78, 5) is 34.5. The fourth-order valence-electron chi connectivity index (χ4n) is 2.21. The van der Waals surface area contributed by atoms with Crippen molar-refractivity contribution in [3.63, 3.8) is 0 Å². The Balaban J connectivity index is 2.47. The van der Waals surface area contributed by atoms with E-state index >= 15 is 0 Å². The highest BCUT2D eigenvalue weighted by Crippen LogP contribution is 2.31. The van der Waals surface area contributed by atoms with Crippen LogP contribution in [0.5, 0.6) is 0 Å². The summed E-state index contributed by atoms with van der Waals surface area (Å²) >= 11 is 0. The molecule has 1 atom stereocenters. The lowest BCUT2D eigenvalue weighted by Crippen LogP contribution is -2.27. The van der Waals surface area contributed by atoms with E-state index in [-0.39, 0.29) is 41.7 Å². The molecule has 1 aliphatic heterocycles. The minimum Gasteiger partial charge on any atom is -0.478 e. The third-order valence-corrected chi connectivity index (χ3v) is 3.25. The first-order valence-electron chi connectivity index (χ1n) is 5.96. The highest BCUT2D eigenvalue weighted by Gasteiger charge is 2.32. The maximum Gasteiger partial charge on any atom is 0.337 e. The minimum atomic E-state index is -1.24. The molecule has 8 nitrogen and oxygen atoms in total. The zero-order valence-corrected chi connectivity index (χ0v) is 10.5. The van der Waals surface area contributed by atoms with Crippen LogP contribution in [-0.4, -0.2) is 35.0 Å². The van der Waals surface area contributed by atoms with Gasteiger partial charge in [0.05, 0.1) is 16.2 Å². The molecule has 1 heterocycles. The van der Waals surface area contributed by atoms with Crippen molar-refractivity contribution >= 4 is 23.3 Å². The van der Waals surface area contributed by atoms with E-state index in [4.69, 9.17) is 10.8 Å². The number of amides is 1. The number of hydrogen-bond donors (Lipinski definition) is 2. The Bertz CT molecular complexity index is 586. The van der Waals surface area contributed by atoms with Gasteiger partial charge in [0.25, 0.3) is 5.69 Å². The Morgan fingerprint density at radius 3 is 2.75 bits per heavy atom. The van der Waals surface area contributed by atoms with Crippen molar-refractivity contribution in [3.8, 4) is 0 Å². The number of carbonyl (C=O) groups excluding carboxylic acids is 1. The molecule has 1 amide bonds. The molecule has 2 rings (SSSR count). The van der Waals surface area contributed by atoms with Gasteiger partial charge in [-0.2, -0.15) is 0 Å². The van der Waals surface area contributed by atoms with Gasteiger partial charge in [-0.15, -0.1) is 0 Å². The van der Waals surface area contributed by atoms with Gasteiger partial charge in [-0.1, -0.05) is 0 Å². The highest BCUT2D eigenvalue weighted by atomic mass is 16.6. The molecule has 0 aliphatic carbocycles. The Labute approximate surface area is 113 Å². The second-order valence-electron chi connectivity index (χ2n) is 4.57. The minimum absolute atomic E-state index is 0.0488. The third-order valence-electron chi connectivity index (χ3n) is 3.25. The number of aromatic carboxylic acids is 1. The van der Waals surface area contributed by atoms with Gasteiger partial charge in [-0.3, -0.25) is 14.9 Å². The predicted octanol–water partition coefficient (Wildman–Crippen LogP) is 0.605. The third kappa shape index (κ3) is 2.45. The fourth-order valence-corrected chi connectivity index (χ4v) is 2.21. The number of nitro groups is 1. The molecule has 0 spiro atoms. The van der Waals surface area contributed by atoms with Crippen molar-refractivity contribution in [2.45, 2.75) is 6.42 Å². The van der Waals surface area contributed by atoms with E-state index in [0.29, 0.717) is 6.54 Å².